The highest BCUT2D eigenvalue weighted by atomic mass is 32.1. The molecule has 0 radical (unpaired) electrons. The largest absolute Gasteiger partial charge is 0.311 e. The van der Waals surface area contributed by atoms with Gasteiger partial charge in [0.25, 0.3) is 0 Å². The van der Waals surface area contributed by atoms with Gasteiger partial charge in [-0.15, -0.1) is 10.2 Å². The smallest absolute Gasteiger partial charge is 0.131 e. The van der Waals surface area contributed by atoms with Gasteiger partial charge in [0, 0.05) is 13.0 Å². The molecule has 17 heavy (non-hydrogen) atoms. The minimum atomic E-state index is -0.209. The number of nitrogens with zero attached hydrogens (tertiary/aromatic N) is 2. The zero-order valence-electron chi connectivity index (χ0n) is 9.61. The van der Waals surface area contributed by atoms with Crippen molar-refractivity contribution < 1.29 is 4.39 Å². The van der Waals surface area contributed by atoms with Crippen molar-refractivity contribution in [3.05, 3.63) is 45.7 Å². The summed E-state index contributed by atoms with van der Waals surface area (Å²) in [5.74, 6) is -0.209. The Kier molecular flexibility index (Phi) is 4.17. The van der Waals surface area contributed by atoms with E-state index in [2.05, 4.69) is 22.4 Å². The van der Waals surface area contributed by atoms with Crippen LogP contribution in [0, 0.1) is 5.82 Å². The highest BCUT2D eigenvalue weighted by Gasteiger charge is 2.04. The fourth-order valence-corrected chi connectivity index (χ4v) is 2.29. The first-order chi connectivity index (χ1) is 8.28. The van der Waals surface area contributed by atoms with Crippen LogP contribution in [0.1, 0.15) is 22.5 Å². The lowest BCUT2D eigenvalue weighted by Gasteiger charge is -1.96. The summed E-state index contributed by atoms with van der Waals surface area (Å²) >= 11 is 1.59. The second-order valence-electron chi connectivity index (χ2n) is 3.67. The number of benzene rings is 1. The highest BCUT2D eigenvalue weighted by molar-refractivity contribution is 7.11. The van der Waals surface area contributed by atoms with Gasteiger partial charge in [0.2, 0.25) is 0 Å². The topological polar surface area (TPSA) is 37.8 Å². The van der Waals surface area contributed by atoms with Gasteiger partial charge in [-0.25, -0.2) is 4.39 Å². The molecule has 1 N–H and O–H groups in total. The predicted molar refractivity (Wildman–Crippen MR) is 66.5 cm³/mol. The third-order valence-corrected chi connectivity index (χ3v) is 3.23. The van der Waals surface area contributed by atoms with Gasteiger partial charge in [0.05, 0.1) is 0 Å². The van der Waals surface area contributed by atoms with Crippen LogP contribution in [0.15, 0.2) is 24.3 Å². The molecule has 5 heteroatoms. The van der Waals surface area contributed by atoms with E-state index in [0.29, 0.717) is 6.42 Å². The Labute approximate surface area is 104 Å². The minimum absolute atomic E-state index is 0.209. The van der Waals surface area contributed by atoms with Gasteiger partial charge < -0.3 is 5.32 Å². The van der Waals surface area contributed by atoms with Crippen LogP contribution in [0.4, 0.5) is 4.39 Å². The molecule has 90 valence electrons. The number of hydrogen-bond acceptors (Lipinski definition) is 4. The molecule has 0 aliphatic carbocycles. The van der Waals surface area contributed by atoms with Gasteiger partial charge in [0.15, 0.2) is 0 Å². The van der Waals surface area contributed by atoms with Crippen LogP contribution in [0.5, 0.6) is 0 Å². The van der Waals surface area contributed by atoms with Crippen molar-refractivity contribution in [2.75, 3.05) is 6.54 Å². The number of aromatic nitrogens is 2. The lowest BCUT2D eigenvalue weighted by atomic mass is 10.2. The SMILES string of the molecule is CCNCc1nnc(Cc2ccc(F)cc2)s1. The monoisotopic (exact) mass is 251 g/mol. The van der Waals surface area contributed by atoms with E-state index in [4.69, 9.17) is 0 Å². The molecule has 2 rings (SSSR count). The van der Waals surface area contributed by atoms with Gasteiger partial charge in [0.1, 0.15) is 15.8 Å². The summed E-state index contributed by atoms with van der Waals surface area (Å²) in [6, 6.07) is 6.49. The number of rotatable bonds is 5. The molecule has 0 aliphatic rings. The van der Waals surface area contributed by atoms with Crippen molar-refractivity contribution in [3.63, 3.8) is 0 Å². The van der Waals surface area contributed by atoms with Crippen molar-refractivity contribution in [1.82, 2.24) is 15.5 Å². The quantitative estimate of drug-likeness (QED) is 0.886. The molecule has 0 atom stereocenters. The molecule has 0 spiro atoms. The van der Waals surface area contributed by atoms with Crippen molar-refractivity contribution in [2.45, 2.75) is 19.9 Å². The fourth-order valence-electron chi connectivity index (χ4n) is 1.44. The maximum absolute atomic E-state index is 12.7. The van der Waals surface area contributed by atoms with Crippen LogP contribution in [-0.2, 0) is 13.0 Å². The fraction of sp³-hybridized carbons (Fsp3) is 0.333. The van der Waals surface area contributed by atoms with E-state index in [9.17, 15) is 4.39 Å². The summed E-state index contributed by atoms with van der Waals surface area (Å²) in [5, 5.41) is 13.4. The predicted octanol–water partition coefficient (Wildman–Crippen LogP) is 2.38. The molecule has 0 saturated heterocycles. The molecule has 0 bridgehead atoms. The van der Waals surface area contributed by atoms with Crippen LogP contribution in [0.2, 0.25) is 0 Å². The van der Waals surface area contributed by atoms with E-state index >= 15 is 0 Å². The van der Waals surface area contributed by atoms with Gasteiger partial charge in [-0.2, -0.15) is 0 Å². The second kappa shape index (κ2) is 5.84. The molecule has 1 aromatic carbocycles. The summed E-state index contributed by atoms with van der Waals surface area (Å²) in [5.41, 5.74) is 1.05. The van der Waals surface area contributed by atoms with Gasteiger partial charge in [-0.05, 0) is 24.2 Å². The summed E-state index contributed by atoms with van der Waals surface area (Å²) in [6.45, 7) is 3.74. The lowest BCUT2D eigenvalue weighted by Crippen LogP contribution is -2.11. The van der Waals surface area contributed by atoms with Crippen LogP contribution in [0.25, 0.3) is 0 Å². The van der Waals surface area contributed by atoms with Gasteiger partial charge >= 0.3 is 0 Å². The summed E-state index contributed by atoms with van der Waals surface area (Å²) in [7, 11) is 0. The molecule has 0 aliphatic heterocycles. The van der Waals surface area contributed by atoms with Crippen molar-refractivity contribution in [1.29, 1.82) is 0 Å². The Morgan fingerprint density at radius 2 is 1.88 bits per heavy atom. The first-order valence-electron chi connectivity index (χ1n) is 5.54. The highest BCUT2D eigenvalue weighted by Crippen LogP contribution is 2.14. The number of halogens is 1. The Hall–Kier alpha value is -1.33. The van der Waals surface area contributed by atoms with E-state index < -0.39 is 0 Å². The maximum atomic E-state index is 12.7. The maximum Gasteiger partial charge on any atom is 0.131 e. The first-order valence-corrected chi connectivity index (χ1v) is 6.36. The van der Waals surface area contributed by atoms with Crippen LogP contribution < -0.4 is 5.32 Å². The molecule has 1 heterocycles. The Balaban J connectivity index is 1.98. The second-order valence-corrected chi connectivity index (χ2v) is 4.82. The summed E-state index contributed by atoms with van der Waals surface area (Å²) in [6.07, 6.45) is 0.712. The summed E-state index contributed by atoms with van der Waals surface area (Å²) < 4.78 is 12.7. The van der Waals surface area contributed by atoms with E-state index in [1.807, 2.05) is 0 Å². The lowest BCUT2D eigenvalue weighted by molar-refractivity contribution is 0.627. The molecule has 2 aromatic rings. The van der Waals surface area contributed by atoms with Crippen molar-refractivity contribution >= 4 is 11.3 Å². The first kappa shape index (κ1) is 12.1. The van der Waals surface area contributed by atoms with E-state index in [1.165, 1.54) is 12.1 Å². The molecular formula is C12H14FN3S. The van der Waals surface area contributed by atoms with E-state index in [-0.39, 0.29) is 5.82 Å². The standard InChI is InChI=1S/C12H14FN3S/c1-2-14-8-12-16-15-11(17-12)7-9-3-5-10(13)6-4-9/h3-6,14H,2,7-8H2,1H3. The van der Waals surface area contributed by atoms with E-state index in [1.54, 1.807) is 23.5 Å². The zero-order valence-corrected chi connectivity index (χ0v) is 10.4. The molecule has 1 aromatic heterocycles. The van der Waals surface area contributed by atoms with E-state index in [0.717, 1.165) is 28.7 Å². The van der Waals surface area contributed by atoms with Crippen LogP contribution in [0.3, 0.4) is 0 Å². The zero-order chi connectivity index (χ0) is 12.1. The molecule has 0 amide bonds. The van der Waals surface area contributed by atoms with Crippen molar-refractivity contribution in [2.24, 2.45) is 0 Å². The Morgan fingerprint density at radius 1 is 1.18 bits per heavy atom. The number of hydrogen-bond donors (Lipinski definition) is 1. The number of nitrogens with one attached hydrogen (secondary N) is 1. The molecule has 0 fully saturated rings. The molecular weight excluding hydrogens is 237 g/mol. The average molecular weight is 251 g/mol. The Morgan fingerprint density at radius 3 is 2.59 bits per heavy atom. The third-order valence-electron chi connectivity index (χ3n) is 2.30. The summed E-state index contributed by atoms with van der Waals surface area (Å²) in [4.78, 5) is 0. The molecule has 0 unspecified atom stereocenters. The minimum Gasteiger partial charge on any atom is -0.311 e. The third kappa shape index (κ3) is 3.57. The average Bonchev–Trinajstić information content (AvgIpc) is 2.77. The molecule has 0 saturated carbocycles. The van der Waals surface area contributed by atoms with Crippen LogP contribution >= 0.6 is 11.3 Å². The molecule has 3 nitrogen and oxygen atoms in total. The van der Waals surface area contributed by atoms with Gasteiger partial charge in [-0.1, -0.05) is 30.4 Å². The normalized spacial score (nSPS) is 10.7. The van der Waals surface area contributed by atoms with Crippen LogP contribution in [-0.4, -0.2) is 16.7 Å². The van der Waals surface area contributed by atoms with Crippen molar-refractivity contribution in [3.8, 4) is 0 Å². The van der Waals surface area contributed by atoms with Gasteiger partial charge in [-0.3, -0.25) is 0 Å². The Bertz CT molecular complexity index is 467.